The summed E-state index contributed by atoms with van der Waals surface area (Å²) in [5, 5.41) is 0. The molecule has 0 unspecified atom stereocenters. The minimum Gasteiger partial charge on any atom is -0.297 e. The number of rotatable bonds is 0. The lowest BCUT2D eigenvalue weighted by atomic mass is 10.1. The van der Waals surface area contributed by atoms with E-state index in [1.165, 1.54) is 0 Å². The lowest BCUT2D eigenvalue weighted by Crippen LogP contribution is -2.48. The zero-order chi connectivity index (χ0) is 8.48. The van der Waals surface area contributed by atoms with Crippen LogP contribution in [0.3, 0.4) is 0 Å². The van der Waals surface area contributed by atoms with Crippen LogP contribution in [-0.2, 0) is 10.8 Å². The van der Waals surface area contributed by atoms with Gasteiger partial charge in [0.15, 0.2) is 0 Å². The van der Waals surface area contributed by atoms with Crippen LogP contribution < -0.4 is 0 Å². The van der Waals surface area contributed by atoms with E-state index >= 15 is 0 Å². The molecule has 1 fully saturated rings. The molecule has 0 spiro atoms. The summed E-state index contributed by atoms with van der Waals surface area (Å²) in [4.78, 5) is 2.40. The Morgan fingerprint density at radius 2 is 1.64 bits per heavy atom. The molecule has 1 saturated heterocycles. The average Bonchev–Trinajstić information content (AvgIpc) is 1.86. The second kappa shape index (κ2) is 3.23. The molecule has 2 nitrogen and oxygen atoms in total. The second-order valence-electron chi connectivity index (χ2n) is 4.01. The molecule has 0 bridgehead atoms. The Hall–Kier alpha value is 0.110. The van der Waals surface area contributed by atoms with Crippen LogP contribution in [0.25, 0.3) is 0 Å². The predicted molar refractivity (Wildman–Crippen MR) is 49.2 cm³/mol. The van der Waals surface area contributed by atoms with Gasteiger partial charge in [0.05, 0.1) is 0 Å². The van der Waals surface area contributed by atoms with Crippen molar-refractivity contribution in [1.29, 1.82) is 0 Å². The van der Waals surface area contributed by atoms with Crippen LogP contribution in [0.2, 0.25) is 0 Å². The third-order valence-corrected chi connectivity index (χ3v) is 3.40. The third-order valence-electron chi connectivity index (χ3n) is 2.13. The molecule has 0 aromatic heterocycles. The highest BCUT2D eigenvalue weighted by atomic mass is 32.2. The van der Waals surface area contributed by atoms with E-state index < -0.39 is 10.8 Å². The molecule has 1 rings (SSSR count). The van der Waals surface area contributed by atoms with Crippen LogP contribution in [-0.4, -0.2) is 39.2 Å². The van der Waals surface area contributed by atoms with E-state index in [1.54, 1.807) is 0 Å². The summed E-state index contributed by atoms with van der Waals surface area (Å²) >= 11 is 0. The smallest absolute Gasteiger partial charge is 0.0363 e. The summed E-state index contributed by atoms with van der Waals surface area (Å²) in [6, 6.07) is 0. The summed E-state index contributed by atoms with van der Waals surface area (Å²) < 4.78 is 11.0. The summed E-state index contributed by atoms with van der Waals surface area (Å²) in [5.41, 5.74) is 0.255. The van der Waals surface area contributed by atoms with Crippen molar-refractivity contribution >= 4 is 10.8 Å². The molecular weight excluding hydrogens is 158 g/mol. The Bertz CT molecular complexity index is 152. The van der Waals surface area contributed by atoms with E-state index in [4.69, 9.17) is 0 Å². The maximum atomic E-state index is 11.0. The minimum atomic E-state index is -0.537. The normalized spacial score (nSPS) is 23.9. The molecule has 0 atom stereocenters. The highest BCUT2D eigenvalue weighted by Gasteiger charge is 2.24. The van der Waals surface area contributed by atoms with Gasteiger partial charge in [-0.2, -0.15) is 0 Å². The van der Waals surface area contributed by atoms with Crippen molar-refractivity contribution in [2.75, 3.05) is 24.6 Å². The van der Waals surface area contributed by atoms with Gasteiger partial charge in [-0.1, -0.05) is 0 Å². The third kappa shape index (κ3) is 2.56. The maximum absolute atomic E-state index is 11.0. The van der Waals surface area contributed by atoms with E-state index in [2.05, 4.69) is 25.7 Å². The minimum absolute atomic E-state index is 0.255. The van der Waals surface area contributed by atoms with Gasteiger partial charge in [0, 0.05) is 40.9 Å². The zero-order valence-corrected chi connectivity index (χ0v) is 8.41. The average molecular weight is 175 g/mol. The highest BCUT2D eigenvalue weighted by molar-refractivity contribution is 7.85. The van der Waals surface area contributed by atoms with Crippen molar-refractivity contribution in [1.82, 2.24) is 4.90 Å². The van der Waals surface area contributed by atoms with Gasteiger partial charge in [-0.3, -0.25) is 9.11 Å². The van der Waals surface area contributed by atoms with Gasteiger partial charge in [0.2, 0.25) is 0 Å². The van der Waals surface area contributed by atoms with Crippen molar-refractivity contribution < 1.29 is 4.21 Å². The second-order valence-corrected chi connectivity index (χ2v) is 5.70. The SMILES string of the molecule is CC(C)(C)N1CCS(=O)CC1. The fourth-order valence-electron chi connectivity index (χ4n) is 1.31. The standard InChI is InChI=1S/C8H17NOS/c1-8(2,3)9-4-6-11(10)7-5-9/h4-7H2,1-3H3. The molecule has 0 radical (unpaired) electrons. The first-order valence-corrected chi connectivity index (χ1v) is 5.59. The van der Waals surface area contributed by atoms with Crippen LogP contribution in [0.1, 0.15) is 20.8 Å². The van der Waals surface area contributed by atoms with Gasteiger partial charge in [-0.15, -0.1) is 0 Å². The molecule has 66 valence electrons. The van der Waals surface area contributed by atoms with Crippen LogP contribution in [0, 0.1) is 0 Å². The van der Waals surface area contributed by atoms with Crippen LogP contribution >= 0.6 is 0 Å². The fraction of sp³-hybridized carbons (Fsp3) is 1.00. The van der Waals surface area contributed by atoms with Crippen molar-refractivity contribution in [3.05, 3.63) is 0 Å². The van der Waals surface area contributed by atoms with Crippen molar-refractivity contribution in [3.8, 4) is 0 Å². The summed E-state index contributed by atoms with van der Waals surface area (Å²) in [6.45, 7) is 8.62. The molecule has 1 aliphatic heterocycles. The van der Waals surface area contributed by atoms with Gasteiger partial charge < -0.3 is 0 Å². The zero-order valence-electron chi connectivity index (χ0n) is 7.59. The van der Waals surface area contributed by atoms with Crippen molar-refractivity contribution in [2.45, 2.75) is 26.3 Å². The summed E-state index contributed by atoms with van der Waals surface area (Å²) in [7, 11) is -0.537. The highest BCUT2D eigenvalue weighted by Crippen LogP contribution is 2.14. The molecule has 0 aliphatic carbocycles. The summed E-state index contributed by atoms with van der Waals surface area (Å²) in [6.07, 6.45) is 0. The molecule has 1 heterocycles. The largest absolute Gasteiger partial charge is 0.297 e. The van der Waals surface area contributed by atoms with Crippen molar-refractivity contribution in [2.24, 2.45) is 0 Å². The van der Waals surface area contributed by atoms with Gasteiger partial charge in [-0.25, -0.2) is 0 Å². The maximum Gasteiger partial charge on any atom is 0.0363 e. The number of nitrogens with zero attached hydrogens (tertiary/aromatic N) is 1. The Kier molecular flexibility index (Phi) is 2.70. The molecule has 1 aliphatic rings. The first kappa shape index (κ1) is 9.20. The molecule has 0 N–H and O–H groups in total. The molecule has 0 aromatic carbocycles. The van der Waals surface area contributed by atoms with Crippen LogP contribution in [0.4, 0.5) is 0 Å². The van der Waals surface area contributed by atoms with Gasteiger partial charge >= 0.3 is 0 Å². The van der Waals surface area contributed by atoms with E-state index in [9.17, 15) is 4.21 Å². The monoisotopic (exact) mass is 175 g/mol. The lowest BCUT2D eigenvalue weighted by Gasteiger charge is -2.37. The fourth-order valence-corrected chi connectivity index (χ4v) is 2.36. The molecule has 0 aromatic rings. The molecule has 3 heteroatoms. The Balaban J connectivity index is 2.45. The van der Waals surface area contributed by atoms with Crippen LogP contribution in [0.15, 0.2) is 0 Å². The van der Waals surface area contributed by atoms with Gasteiger partial charge in [-0.05, 0) is 20.8 Å². The van der Waals surface area contributed by atoms with E-state index in [1.807, 2.05) is 0 Å². The molecular formula is C8H17NOS. The topological polar surface area (TPSA) is 20.3 Å². The van der Waals surface area contributed by atoms with E-state index in [0.717, 1.165) is 24.6 Å². The van der Waals surface area contributed by atoms with Gasteiger partial charge in [0.1, 0.15) is 0 Å². The van der Waals surface area contributed by atoms with Gasteiger partial charge in [0.25, 0.3) is 0 Å². The predicted octanol–water partition coefficient (Wildman–Crippen LogP) is 0.849. The number of hydrogen-bond acceptors (Lipinski definition) is 2. The molecule has 0 amide bonds. The van der Waals surface area contributed by atoms with Crippen molar-refractivity contribution in [3.63, 3.8) is 0 Å². The Morgan fingerprint density at radius 3 is 2.00 bits per heavy atom. The first-order valence-electron chi connectivity index (χ1n) is 4.10. The molecule has 11 heavy (non-hydrogen) atoms. The van der Waals surface area contributed by atoms with E-state index in [0.29, 0.717) is 0 Å². The van der Waals surface area contributed by atoms with E-state index in [-0.39, 0.29) is 5.54 Å². The lowest BCUT2D eigenvalue weighted by molar-refractivity contribution is 0.151. The Labute approximate surface area is 71.4 Å². The number of hydrogen-bond donors (Lipinski definition) is 0. The quantitative estimate of drug-likeness (QED) is 0.544. The Morgan fingerprint density at radius 1 is 1.18 bits per heavy atom. The summed E-state index contributed by atoms with van der Waals surface area (Å²) in [5.74, 6) is 1.72. The molecule has 0 saturated carbocycles. The van der Waals surface area contributed by atoms with Crippen LogP contribution in [0.5, 0.6) is 0 Å². The first-order chi connectivity index (χ1) is 5.00.